The van der Waals surface area contributed by atoms with E-state index in [2.05, 4.69) is 63.7 Å². The summed E-state index contributed by atoms with van der Waals surface area (Å²) in [5, 5.41) is 4.93. The average molecular weight is 306 g/mol. The fourth-order valence-electron chi connectivity index (χ4n) is 1.98. The van der Waals surface area contributed by atoms with E-state index in [4.69, 9.17) is 0 Å². The minimum atomic E-state index is 0.455. The van der Waals surface area contributed by atoms with Crippen LogP contribution in [-0.4, -0.2) is 10.7 Å². The Morgan fingerprint density at radius 1 is 1.06 bits per heavy atom. The van der Waals surface area contributed by atoms with Crippen LogP contribution < -0.4 is 5.32 Å². The van der Waals surface area contributed by atoms with Crippen molar-refractivity contribution in [2.45, 2.75) is 10.3 Å². The first-order chi connectivity index (χ1) is 8.36. The topological polar surface area (TPSA) is 12.0 Å². The summed E-state index contributed by atoms with van der Waals surface area (Å²) in [7, 11) is 0. The molecule has 0 saturated carbocycles. The summed E-state index contributed by atoms with van der Waals surface area (Å²) in [6.45, 7) is 0. The van der Waals surface area contributed by atoms with Gasteiger partial charge in [0.25, 0.3) is 0 Å². The first-order valence-corrected chi connectivity index (χ1v) is 7.55. The molecule has 0 saturated heterocycles. The molecule has 1 N–H and O–H groups in total. The molecule has 1 atom stereocenters. The van der Waals surface area contributed by atoms with Crippen molar-refractivity contribution in [3.8, 4) is 11.1 Å². The summed E-state index contributed by atoms with van der Waals surface area (Å²) in [6, 6.07) is 17.1. The van der Waals surface area contributed by atoms with Crippen LogP contribution in [-0.2, 0) is 0 Å². The summed E-state index contributed by atoms with van der Waals surface area (Å²) in [6.07, 6.45) is 0. The number of hydrogen-bond acceptors (Lipinski definition) is 2. The highest BCUT2D eigenvalue weighted by molar-refractivity contribution is 9.09. The second-order valence-corrected chi connectivity index (χ2v) is 5.87. The maximum absolute atomic E-state index is 3.52. The molecule has 0 amide bonds. The van der Waals surface area contributed by atoms with Crippen LogP contribution in [0.5, 0.6) is 0 Å². The molecule has 17 heavy (non-hydrogen) atoms. The van der Waals surface area contributed by atoms with Gasteiger partial charge >= 0.3 is 0 Å². The van der Waals surface area contributed by atoms with Crippen molar-refractivity contribution in [1.29, 1.82) is 0 Å². The van der Waals surface area contributed by atoms with Gasteiger partial charge in [-0.2, -0.15) is 0 Å². The molecule has 1 aliphatic heterocycles. The van der Waals surface area contributed by atoms with Crippen molar-refractivity contribution in [2.75, 3.05) is 10.6 Å². The number of nitrogens with one attached hydrogen (secondary N) is 1. The third-order valence-corrected chi connectivity index (χ3v) is 5.07. The zero-order valence-corrected chi connectivity index (χ0v) is 11.6. The molecule has 1 heterocycles. The van der Waals surface area contributed by atoms with Crippen molar-refractivity contribution in [3.05, 3.63) is 48.5 Å². The molecule has 0 aromatic heterocycles. The molecule has 2 aromatic carbocycles. The second kappa shape index (κ2) is 4.75. The van der Waals surface area contributed by atoms with Gasteiger partial charge in [0.05, 0.1) is 5.37 Å². The molecule has 2 aromatic rings. The van der Waals surface area contributed by atoms with Gasteiger partial charge in [-0.3, -0.25) is 0 Å². The number of anilines is 1. The van der Waals surface area contributed by atoms with Gasteiger partial charge in [0.2, 0.25) is 0 Å². The van der Waals surface area contributed by atoms with Gasteiger partial charge in [0.1, 0.15) is 0 Å². The molecule has 0 bridgehead atoms. The maximum Gasteiger partial charge on any atom is 0.0867 e. The lowest BCUT2D eigenvalue weighted by Crippen LogP contribution is -2.10. The van der Waals surface area contributed by atoms with E-state index in [0.29, 0.717) is 5.37 Å². The lowest BCUT2D eigenvalue weighted by Gasteiger charge is -2.06. The number of halogens is 1. The Hall–Kier alpha value is -0.930. The normalized spacial score (nSPS) is 17.6. The first-order valence-electron chi connectivity index (χ1n) is 5.55. The van der Waals surface area contributed by atoms with Crippen molar-refractivity contribution < 1.29 is 0 Å². The molecular weight excluding hydrogens is 294 g/mol. The third-order valence-electron chi connectivity index (χ3n) is 2.81. The van der Waals surface area contributed by atoms with Crippen LogP contribution in [0.4, 0.5) is 5.69 Å². The predicted octanol–water partition coefficient (Wildman–Crippen LogP) is 4.59. The summed E-state index contributed by atoms with van der Waals surface area (Å²) in [5.74, 6) is 0. The van der Waals surface area contributed by atoms with Gasteiger partial charge in [-0.25, -0.2) is 0 Å². The highest BCUT2D eigenvalue weighted by Gasteiger charge is 2.20. The quantitative estimate of drug-likeness (QED) is 0.814. The molecule has 1 unspecified atom stereocenters. The molecule has 0 aliphatic carbocycles. The third kappa shape index (κ3) is 2.22. The molecule has 0 radical (unpaired) electrons. The van der Waals surface area contributed by atoms with Crippen LogP contribution in [0.2, 0.25) is 0 Å². The lowest BCUT2D eigenvalue weighted by molar-refractivity contribution is 1.18. The van der Waals surface area contributed by atoms with Crippen LogP contribution >= 0.6 is 27.7 Å². The van der Waals surface area contributed by atoms with E-state index in [0.717, 1.165) is 5.33 Å². The smallest absolute Gasteiger partial charge is 0.0867 e. The molecule has 86 valence electrons. The molecule has 3 heteroatoms. The summed E-state index contributed by atoms with van der Waals surface area (Å²) >= 11 is 5.40. The number of alkyl halides is 1. The van der Waals surface area contributed by atoms with Gasteiger partial charge < -0.3 is 5.32 Å². The zero-order chi connectivity index (χ0) is 11.7. The van der Waals surface area contributed by atoms with E-state index in [1.54, 1.807) is 0 Å². The highest BCUT2D eigenvalue weighted by atomic mass is 79.9. The molecule has 3 rings (SSSR count). The Kier molecular flexibility index (Phi) is 3.12. The monoisotopic (exact) mass is 305 g/mol. The van der Waals surface area contributed by atoms with E-state index in [-0.39, 0.29) is 0 Å². The number of hydrogen-bond donors (Lipinski definition) is 1. The Labute approximate surface area is 114 Å². The molecular formula is C14H12BrNS. The average Bonchev–Trinajstić information content (AvgIpc) is 2.81. The van der Waals surface area contributed by atoms with Crippen LogP contribution in [0.1, 0.15) is 0 Å². The van der Waals surface area contributed by atoms with Gasteiger partial charge in [0.15, 0.2) is 0 Å². The molecule has 1 nitrogen and oxygen atoms in total. The Balaban J connectivity index is 1.96. The summed E-state index contributed by atoms with van der Waals surface area (Å²) in [5.41, 5.74) is 3.79. The summed E-state index contributed by atoms with van der Waals surface area (Å²) in [4.78, 5) is 1.34. The lowest BCUT2D eigenvalue weighted by atomic mass is 10.1. The van der Waals surface area contributed by atoms with E-state index in [1.165, 1.54) is 21.7 Å². The van der Waals surface area contributed by atoms with Crippen molar-refractivity contribution in [3.63, 3.8) is 0 Å². The maximum atomic E-state index is 3.52. The van der Waals surface area contributed by atoms with Gasteiger partial charge in [-0.15, -0.1) is 0 Å². The van der Waals surface area contributed by atoms with Gasteiger partial charge in [-0.05, 0) is 23.3 Å². The number of thioether (sulfide) groups is 1. The van der Waals surface area contributed by atoms with E-state index < -0.39 is 0 Å². The number of fused-ring (bicyclic) bond motifs is 1. The first kappa shape index (κ1) is 11.2. The van der Waals surface area contributed by atoms with E-state index >= 15 is 0 Å². The standard InChI is InChI=1S/C14H12BrNS/c15-9-14-16-12-8-11(6-7-13(12)17-14)10-4-2-1-3-5-10/h1-8,14,16H,9H2. The molecule has 1 aliphatic rings. The van der Waals surface area contributed by atoms with E-state index in [9.17, 15) is 0 Å². The van der Waals surface area contributed by atoms with Crippen molar-refractivity contribution >= 4 is 33.4 Å². The van der Waals surface area contributed by atoms with Crippen LogP contribution in [0.15, 0.2) is 53.4 Å². The van der Waals surface area contributed by atoms with E-state index in [1.807, 2.05) is 17.8 Å². The Morgan fingerprint density at radius 3 is 2.65 bits per heavy atom. The zero-order valence-electron chi connectivity index (χ0n) is 9.19. The number of benzene rings is 2. The molecule has 0 fully saturated rings. The summed E-state index contributed by atoms with van der Waals surface area (Å²) < 4.78 is 0. The molecule has 0 spiro atoms. The largest absolute Gasteiger partial charge is 0.371 e. The minimum absolute atomic E-state index is 0.455. The predicted molar refractivity (Wildman–Crippen MR) is 78.9 cm³/mol. The highest BCUT2D eigenvalue weighted by Crippen LogP contribution is 2.40. The van der Waals surface area contributed by atoms with Gasteiger partial charge in [-0.1, -0.05) is 64.1 Å². The SMILES string of the molecule is BrCC1Nc2cc(-c3ccccc3)ccc2S1. The Bertz CT molecular complexity index is 527. The van der Waals surface area contributed by atoms with Crippen LogP contribution in [0.25, 0.3) is 11.1 Å². The Morgan fingerprint density at radius 2 is 1.88 bits per heavy atom. The fourth-order valence-corrected chi connectivity index (χ4v) is 3.49. The second-order valence-electron chi connectivity index (χ2n) is 3.98. The van der Waals surface area contributed by atoms with Crippen LogP contribution in [0.3, 0.4) is 0 Å². The fraction of sp³-hybridized carbons (Fsp3) is 0.143. The van der Waals surface area contributed by atoms with Crippen molar-refractivity contribution in [2.24, 2.45) is 0 Å². The minimum Gasteiger partial charge on any atom is -0.371 e. The van der Waals surface area contributed by atoms with Crippen molar-refractivity contribution in [1.82, 2.24) is 0 Å². The van der Waals surface area contributed by atoms with Crippen LogP contribution in [0, 0.1) is 0 Å². The van der Waals surface area contributed by atoms with Gasteiger partial charge in [0, 0.05) is 15.9 Å². The number of rotatable bonds is 2.